The molecular weight excluding hydrogens is 449 g/mol. The lowest BCUT2D eigenvalue weighted by Gasteiger charge is -2.24. The summed E-state index contributed by atoms with van der Waals surface area (Å²) in [6, 6.07) is 0. The first-order chi connectivity index (χ1) is 10.7. The van der Waals surface area contributed by atoms with E-state index in [1.54, 1.807) is 0 Å². The highest BCUT2D eigenvalue weighted by atomic mass is 127. The van der Waals surface area contributed by atoms with Crippen LogP contribution in [-0.2, 0) is 11.5 Å². The van der Waals surface area contributed by atoms with Crippen molar-refractivity contribution in [3.8, 4) is 5.88 Å². The molecular formula is C15H23ClIN3O2S. The van der Waals surface area contributed by atoms with Gasteiger partial charge in [0.15, 0.2) is 5.65 Å². The molecule has 0 radical (unpaired) electrons. The van der Waals surface area contributed by atoms with Crippen LogP contribution >= 0.6 is 44.2 Å². The molecule has 0 saturated heterocycles. The van der Waals surface area contributed by atoms with Crippen LogP contribution in [0.5, 0.6) is 5.88 Å². The summed E-state index contributed by atoms with van der Waals surface area (Å²) in [6.45, 7) is 5.11. The Morgan fingerprint density at radius 1 is 1.30 bits per heavy atom. The van der Waals surface area contributed by atoms with Gasteiger partial charge in [-0.25, -0.2) is 10.0 Å². The molecule has 0 aliphatic carbocycles. The lowest BCUT2D eigenvalue weighted by molar-refractivity contribution is 0.0923. The fourth-order valence-corrected chi connectivity index (χ4v) is 3.54. The first kappa shape index (κ1) is 19.1. The number of hydrogen-bond acceptors (Lipinski definition) is 4. The second-order valence-electron chi connectivity index (χ2n) is 6.44. The predicted molar refractivity (Wildman–Crippen MR) is 107 cm³/mol. The molecule has 0 aliphatic heterocycles. The predicted octanol–water partition coefficient (Wildman–Crippen LogP) is 4.14. The maximum absolute atomic E-state index is 6.05. The van der Waals surface area contributed by atoms with Gasteiger partial charge < -0.3 is 14.0 Å². The van der Waals surface area contributed by atoms with Crippen LogP contribution in [0.25, 0.3) is 11.0 Å². The average Bonchev–Trinajstić information content (AvgIpc) is 2.69. The number of aromatic nitrogens is 3. The van der Waals surface area contributed by atoms with Gasteiger partial charge in [0.05, 0.1) is 18.1 Å². The Morgan fingerprint density at radius 2 is 2.00 bits per heavy atom. The van der Waals surface area contributed by atoms with Crippen LogP contribution in [0.3, 0.4) is 0 Å². The van der Waals surface area contributed by atoms with E-state index in [2.05, 4.69) is 51.3 Å². The van der Waals surface area contributed by atoms with E-state index in [4.69, 9.17) is 21.1 Å². The van der Waals surface area contributed by atoms with Crippen LogP contribution in [0.2, 0.25) is 5.28 Å². The highest BCUT2D eigenvalue weighted by Crippen LogP contribution is 2.34. The molecule has 0 N–H and O–H groups in total. The Hall–Kier alpha value is -0.250. The third-order valence-corrected chi connectivity index (χ3v) is 5.41. The molecule has 0 fully saturated rings. The molecule has 2 rings (SSSR count). The molecule has 130 valence electrons. The summed E-state index contributed by atoms with van der Waals surface area (Å²) in [5.74, 6) is 1.61. The van der Waals surface area contributed by atoms with E-state index >= 15 is 0 Å². The Labute approximate surface area is 157 Å². The molecule has 23 heavy (non-hydrogen) atoms. The van der Waals surface area contributed by atoms with Crippen molar-refractivity contribution in [1.82, 2.24) is 14.5 Å². The Kier molecular flexibility index (Phi) is 6.43. The summed E-state index contributed by atoms with van der Waals surface area (Å²) in [7, 11) is -0.545. The minimum Gasteiger partial charge on any atom is -0.474 e. The first-order valence-corrected chi connectivity index (χ1v) is 11.8. The van der Waals surface area contributed by atoms with Crippen LogP contribution < -0.4 is 4.74 Å². The van der Waals surface area contributed by atoms with Crippen molar-refractivity contribution in [1.29, 1.82) is 0 Å². The summed E-state index contributed by atoms with van der Waals surface area (Å²) in [5, 5.41) is 1.07. The van der Waals surface area contributed by atoms with E-state index in [1.807, 2.05) is 24.6 Å². The molecule has 5 nitrogen and oxygen atoms in total. The average molecular weight is 472 g/mol. The Bertz CT molecular complexity index is 685. The van der Waals surface area contributed by atoms with Gasteiger partial charge in [0, 0.05) is 15.5 Å². The molecule has 2 heterocycles. The van der Waals surface area contributed by atoms with Gasteiger partial charge in [0.25, 0.3) is 0 Å². The zero-order chi connectivity index (χ0) is 17.2. The minimum absolute atomic E-state index is 0.0225. The number of halogens is 2. The van der Waals surface area contributed by atoms with Gasteiger partial charge in [-0.05, 0) is 66.8 Å². The molecule has 0 spiro atoms. The number of nitrogens with zero attached hydrogens (tertiary/aromatic N) is 3. The van der Waals surface area contributed by atoms with E-state index in [-0.39, 0.29) is 11.4 Å². The first-order valence-electron chi connectivity index (χ1n) is 7.29. The van der Waals surface area contributed by atoms with Crippen molar-refractivity contribution < 1.29 is 9.47 Å². The molecule has 2 aromatic heterocycles. The maximum Gasteiger partial charge on any atom is 0.228 e. The van der Waals surface area contributed by atoms with Gasteiger partial charge in [-0.2, -0.15) is 9.97 Å². The molecule has 0 amide bonds. The molecule has 0 aliphatic rings. The van der Waals surface area contributed by atoms with Gasteiger partial charge in [-0.1, -0.05) is 0 Å². The highest BCUT2D eigenvalue weighted by molar-refractivity contribution is 14.1. The van der Waals surface area contributed by atoms with Crippen LogP contribution in [0.4, 0.5) is 0 Å². The van der Waals surface area contributed by atoms with Crippen LogP contribution in [0.15, 0.2) is 6.20 Å². The molecule has 8 heteroatoms. The third kappa shape index (κ3) is 5.37. The van der Waals surface area contributed by atoms with Gasteiger partial charge in [-0.15, -0.1) is 0 Å². The van der Waals surface area contributed by atoms with E-state index < -0.39 is 10.0 Å². The lowest BCUT2D eigenvalue weighted by Crippen LogP contribution is -2.10. The number of ether oxygens (including phenoxy) is 2. The Morgan fingerprint density at radius 3 is 2.61 bits per heavy atom. The van der Waals surface area contributed by atoms with Crippen molar-refractivity contribution in [2.75, 3.05) is 31.1 Å². The minimum atomic E-state index is -0.545. The number of rotatable bonds is 7. The van der Waals surface area contributed by atoms with Crippen LogP contribution in [0, 0.1) is 3.57 Å². The van der Waals surface area contributed by atoms with E-state index in [1.165, 1.54) is 0 Å². The van der Waals surface area contributed by atoms with Crippen molar-refractivity contribution in [3.05, 3.63) is 15.1 Å². The summed E-state index contributed by atoms with van der Waals surface area (Å²) < 4.78 is 14.6. The van der Waals surface area contributed by atoms with Crippen molar-refractivity contribution in [3.63, 3.8) is 0 Å². The largest absolute Gasteiger partial charge is 0.474 e. The SMILES string of the molecule is CC(C)Oc1nc(Cl)nc2c1c(I)cn2COCCS(C)(C)C. The lowest BCUT2D eigenvalue weighted by atomic mass is 10.4. The molecule has 0 bridgehead atoms. The quantitative estimate of drug-likeness (QED) is 0.346. The summed E-state index contributed by atoms with van der Waals surface area (Å²) in [6.07, 6.45) is 8.87. The zero-order valence-electron chi connectivity index (χ0n) is 14.1. The van der Waals surface area contributed by atoms with Crippen LogP contribution in [-0.4, -0.2) is 51.8 Å². The fraction of sp³-hybridized carbons (Fsp3) is 0.600. The summed E-state index contributed by atoms with van der Waals surface area (Å²) >= 11 is 8.32. The van der Waals surface area contributed by atoms with Crippen molar-refractivity contribution in [2.24, 2.45) is 0 Å². The number of fused-ring (bicyclic) bond motifs is 1. The van der Waals surface area contributed by atoms with Gasteiger partial charge in [0.2, 0.25) is 11.2 Å². The smallest absolute Gasteiger partial charge is 0.228 e. The topological polar surface area (TPSA) is 49.2 Å². The summed E-state index contributed by atoms with van der Waals surface area (Å²) in [5.41, 5.74) is 0.744. The zero-order valence-corrected chi connectivity index (χ0v) is 17.8. The second-order valence-corrected chi connectivity index (χ2v) is 12.5. The highest BCUT2D eigenvalue weighted by Gasteiger charge is 2.17. The molecule has 0 atom stereocenters. The van der Waals surface area contributed by atoms with E-state index in [0.717, 1.165) is 27.0 Å². The third-order valence-electron chi connectivity index (χ3n) is 3.03. The second kappa shape index (κ2) is 7.76. The van der Waals surface area contributed by atoms with Crippen molar-refractivity contribution in [2.45, 2.75) is 26.7 Å². The van der Waals surface area contributed by atoms with E-state index in [0.29, 0.717) is 12.6 Å². The Balaban J connectivity index is 2.23. The molecule has 0 saturated carbocycles. The van der Waals surface area contributed by atoms with Crippen molar-refractivity contribution >= 4 is 55.3 Å². The van der Waals surface area contributed by atoms with E-state index in [9.17, 15) is 0 Å². The molecule has 0 unspecified atom stereocenters. The standard InChI is InChI=1S/C15H23ClIN3O2S/c1-10(2)22-14-12-11(17)8-20(13(12)18-15(16)19-14)9-21-6-7-23(3,4)5/h8,10H,6-7,9H2,1-5H3. The number of hydrogen-bond donors (Lipinski definition) is 0. The molecule has 0 aromatic carbocycles. The maximum atomic E-state index is 6.05. The summed E-state index contributed by atoms with van der Waals surface area (Å²) in [4.78, 5) is 8.57. The normalized spacial score (nSPS) is 13.0. The van der Waals surface area contributed by atoms with Crippen LogP contribution in [0.1, 0.15) is 13.8 Å². The monoisotopic (exact) mass is 471 g/mol. The fourth-order valence-electron chi connectivity index (χ4n) is 1.96. The van der Waals surface area contributed by atoms with Gasteiger partial charge >= 0.3 is 0 Å². The molecule has 2 aromatic rings. The van der Waals surface area contributed by atoms with Gasteiger partial charge in [-0.3, -0.25) is 0 Å². The van der Waals surface area contributed by atoms with Gasteiger partial charge in [0.1, 0.15) is 6.73 Å².